The van der Waals surface area contributed by atoms with E-state index in [1.807, 2.05) is 0 Å². The molecule has 50 valence electrons. The molecular formula is C8H17Sn+3. The van der Waals surface area contributed by atoms with Crippen LogP contribution >= 0.6 is 0 Å². The molecule has 0 aliphatic rings. The van der Waals surface area contributed by atoms with Gasteiger partial charge >= 0.3 is 72.4 Å². The molecule has 9 heavy (non-hydrogen) atoms. The molecule has 1 heteroatoms. The Morgan fingerprint density at radius 3 is 2.00 bits per heavy atom. The molecule has 0 amide bonds. The first-order valence-corrected chi connectivity index (χ1v) is 6.08. The van der Waals surface area contributed by atoms with Gasteiger partial charge in [0.15, 0.2) is 0 Å². The van der Waals surface area contributed by atoms with Crippen molar-refractivity contribution in [3.63, 3.8) is 0 Å². The number of hydrogen-bond acceptors (Lipinski definition) is 0. The third-order valence-electron chi connectivity index (χ3n) is 1.53. The van der Waals surface area contributed by atoms with Gasteiger partial charge in [0.2, 0.25) is 0 Å². The molecule has 0 rings (SSSR count). The van der Waals surface area contributed by atoms with Crippen LogP contribution in [0.1, 0.15) is 45.4 Å². The molecule has 0 atom stereocenters. The van der Waals surface area contributed by atoms with Crippen molar-refractivity contribution in [3.8, 4) is 0 Å². The standard InChI is InChI=1S/C8H17.Sn/c1-3-5-7-8-6-4-2;/h1,3-8H2,2H3;/q;+3. The second kappa shape index (κ2) is 8.80. The molecule has 0 aromatic carbocycles. The zero-order chi connectivity index (χ0) is 6.95. The molecule has 0 N–H and O–H groups in total. The second-order valence-corrected chi connectivity index (χ2v) is 3.94. The maximum atomic E-state index is 2.27. The molecule has 0 fully saturated rings. The van der Waals surface area contributed by atoms with Crippen LogP contribution in [0.4, 0.5) is 0 Å². The summed E-state index contributed by atoms with van der Waals surface area (Å²) in [6.45, 7) is 2.27. The quantitative estimate of drug-likeness (QED) is 0.487. The van der Waals surface area contributed by atoms with E-state index < -0.39 is 0 Å². The summed E-state index contributed by atoms with van der Waals surface area (Å²) in [6.07, 6.45) is 8.71. The maximum absolute atomic E-state index is 2.27. The summed E-state index contributed by atoms with van der Waals surface area (Å²) in [5.41, 5.74) is 0. The van der Waals surface area contributed by atoms with Crippen LogP contribution in [0, 0.1) is 0 Å². The Kier molecular flexibility index (Phi) is 9.58. The molecule has 0 aromatic rings. The van der Waals surface area contributed by atoms with Crippen molar-refractivity contribution in [3.05, 3.63) is 0 Å². The average molecular weight is 232 g/mol. The molecule has 0 aliphatic heterocycles. The predicted molar refractivity (Wildman–Crippen MR) is 43.9 cm³/mol. The fraction of sp³-hybridized carbons (Fsp3) is 1.00. The fourth-order valence-corrected chi connectivity index (χ4v) is 1.62. The fourth-order valence-electron chi connectivity index (χ4n) is 0.905. The molecule has 0 bridgehead atoms. The zero-order valence-electron chi connectivity index (χ0n) is 6.45. The minimum absolute atomic E-state index is 1.37. The van der Waals surface area contributed by atoms with Crippen molar-refractivity contribution >= 4 is 22.5 Å². The van der Waals surface area contributed by atoms with Gasteiger partial charge in [0.25, 0.3) is 0 Å². The first-order valence-electron chi connectivity index (χ1n) is 4.06. The van der Waals surface area contributed by atoms with E-state index in [1.54, 1.807) is 22.5 Å². The van der Waals surface area contributed by atoms with Crippen LogP contribution in [0.2, 0.25) is 4.44 Å². The van der Waals surface area contributed by atoms with Crippen molar-refractivity contribution in [1.29, 1.82) is 0 Å². The van der Waals surface area contributed by atoms with Crippen LogP contribution < -0.4 is 0 Å². The van der Waals surface area contributed by atoms with Crippen molar-refractivity contribution in [2.24, 2.45) is 0 Å². The Balaban J connectivity index is 2.60. The molecule has 0 aliphatic carbocycles. The molecular weight excluding hydrogens is 215 g/mol. The van der Waals surface area contributed by atoms with Crippen LogP contribution in [0.3, 0.4) is 0 Å². The predicted octanol–water partition coefficient (Wildman–Crippen LogP) is 2.93. The summed E-state index contributed by atoms with van der Waals surface area (Å²) in [5.74, 6) is 0. The van der Waals surface area contributed by atoms with E-state index in [1.165, 1.54) is 43.0 Å². The second-order valence-electron chi connectivity index (χ2n) is 2.52. The van der Waals surface area contributed by atoms with E-state index in [0.717, 1.165) is 0 Å². The normalized spacial score (nSPS) is 10.1. The van der Waals surface area contributed by atoms with E-state index in [2.05, 4.69) is 6.92 Å². The molecule has 0 saturated carbocycles. The third kappa shape index (κ3) is 8.80. The Hall–Kier alpha value is 0.799. The number of hydrogen-bond donors (Lipinski definition) is 0. The van der Waals surface area contributed by atoms with Crippen molar-refractivity contribution in [2.45, 2.75) is 49.9 Å². The van der Waals surface area contributed by atoms with Gasteiger partial charge < -0.3 is 0 Å². The minimum atomic E-state index is 1.37. The average Bonchev–Trinajstić information content (AvgIpc) is 1.89. The molecule has 0 spiro atoms. The molecule has 0 heterocycles. The molecule has 0 unspecified atom stereocenters. The van der Waals surface area contributed by atoms with Gasteiger partial charge in [-0.3, -0.25) is 0 Å². The van der Waals surface area contributed by atoms with Crippen molar-refractivity contribution in [1.82, 2.24) is 0 Å². The van der Waals surface area contributed by atoms with Crippen LogP contribution in [0.5, 0.6) is 0 Å². The van der Waals surface area contributed by atoms with Gasteiger partial charge in [0, 0.05) is 0 Å². The van der Waals surface area contributed by atoms with E-state index in [4.69, 9.17) is 0 Å². The van der Waals surface area contributed by atoms with Crippen molar-refractivity contribution in [2.75, 3.05) is 0 Å². The molecule has 0 aromatic heterocycles. The Labute approximate surface area is 72.5 Å². The van der Waals surface area contributed by atoms with E-state index in [9.17, 15) is 0 Å². The first kappa shape index (κ1) is 9.80. The number of rotatable bonds is 6. The summed E-state index contributed by atoms with van der Waals surface area (Å²) >= 11 is 1.71. The van der Waals surface area contributed by atoms with Gasteiger partial charge in [-0.25, -0.2) is 0 Å². The Bertz CT molecular complexity index is 37.8. The summed E-state index contributed by atoms with van der Waals surface area (Å²) in [4.78, 5) is 0. The van der Waals surface area contributed by atoms with E-state index in [-0.39, 0.29) is 0 Å². The van der Waals surface area contributed by atoms with Crippen molar-refractivity contribution < 1.29 is 0 Å². The van der Waals surface area contributed by atoms with Gasteiger partial charge in [-0.2, -0.15) is 0 Å². The SMILES string of the molecule is CCCCCCC[CH2][Sn+3]. The topological polar surface area (TPSA) is 0 Å². The Morgan fingerprint density at radius 2 is 1.44 bits per heavy atom. The van der Waals surface area contributed by atoms with Gasteiger partial charge in [0.1, 0.15) is 0 Å². The third-order valence-corrected chi connectivity index (χ3v) is 2.54. The molecule has 0 radical (unpaired) electrons. The van der Waals surface area contributed by atoms with E-state index in [0.29, 0.717) is 0 Å². The van der Waals surface area contributed by atoms with Gasteiger partial charge in [-0.15, -0.1) is 0 Å². The molecule has 0 nitrogen and oxygen atoms in total. The molecule has 0 saturated heterocycles. The van der Waals surface area contributed by atoms with Crippen LogP contribution in [-0.4, -0.2) is 22.5 Å². The van der Waals surface area contributed by atoms with Crippen LogP contribution in [0.25, 0.3) is 0 Å². The van der Waals surface area contributed by atoms with Crippen LogP contribution in [0.15, 0.2) is 0 Å². The summed E-state index contributed by atoms with van der Waals surface area (Å²) in [5, 5.41) is 0. The summed E-state index contributed by atoms with van der Waals surface area (Å²) in [7, 11) is 0. The van der Waals surface area contributed by atoms with Gasteiger partial charge in [-0.05, 0) is 0 Å². The van der Waals surface area contributed by atoms with E-state index >= 15 is 0 Å². The van der Waals surface area contributed by atoms with Crippen LogP contribution in [-0.2, 0) is 0 Å². The first-order chi connectivity index (χ1) is 4.41. The monoisotopic (exact) mass is 233 g/mol. The van der Waals surface area contributed by atoms with Gasteiger partial charge in [-0.1, -0.05) is 0 Å². The zero-order valence-corrected chi connectivity index (χ0v) is 9.30. The van der Waals surface area contributed by atoms with Gasteiger partial charge in [0.05, 0.1) is 0 Å². The summed E-state index contributed by atoms with van der Waals surface area (Å²) in [6, 6.07) is 0. The Morgan fingerprint density at radius 1 is 0.889 bits per heavy atom. The summed E-state index contributed by atoms with van der Waals surface area (Å²) < 4.78 is 1.46. The number of unbranched alkanes of at least 4 members (excludes halogenated alkanes) is 5.